The highest BCUT2D eigenvalue weighted by Crippen LogP contribution is 2.28. The first-order valence-corrected chi connectivity index (χ1v) is 8.98. The van der Waals surface area contributed by atoms with Gasteiger partial charge in [0.05, 0.1) is 25.5 Å². The molecule has 0 heterocycles. The van der Waals surface area contributed by atoms with Gasteiger partial charge in [0.2, 0.25) is 11.8 Å². The molecule has 1 atom stereocenters. The summed E-state index contributed by atoms with van der Waals surface area (Å²) in [5.41, 5.74) is 1.81. The van der Waals surface area contributed by atoms with E-state index in [1.54, 1.807) is 30.3 Å². The zero-order valence-electron chi connectivity index (χ0n) is 15.9. The first kappa shape index (κ1) is 21.0. The number of carbonyl (C=O) groups is 3. The van der Waals surface area contributed by atoms with Gasteiger partial charge in [0.15, 0.2) is 0 Å². The number of carboxylic acids is 1. The van der Waals surface area contributed by atoms with Gasteiger partial charge in [-0.3, -0.25) is 14.4 Å². The van der Waals surface area contributed by atoms with Gasteiger partial charge in [-0.1, -0.05) is 30.3 Å². The van der Waals surface area contributed by atoms with Crippen LogP contribution in [0.15, 0.2) is 48.5 Å². The topological polar surface area (TPSA) is 105 Å². The van der Waals surface area contributed by atoms with Gasteiger partial charge in [-0.25, -0.2) is 0 Å². The molecule has 2 aromatic rings. The van der Waals surface area contributed by atoms with E-state index < -0.39 is 12.0 Å². The molecule has 0 fully saturated rings. The molecule has 0 spiro atoms. The van der Waals surface area contributed by atoms with E-state index in [0.717, 1.165) is 0 Å². The van der Waals surface area contributed by atoms with Crippen molar-refractivity contribution in [2.45, 2.75) is 32.7 Å². The summed E-state index contributed by atoms with van der Waals surface area (Å²) in [6.07, 6.45) is -0.118. The van der Waals surface area contributed by atoms with E-state index in [1.165, 1.54) is 6.92 Å². The maximum absolute atomic E-state index is 12.6. The molecule has 0 aliphatic heterocycles. The van der Waals surface area contributed by atoms with Crippen LogP contribution in [0.25, 0.3) is 0 Å². The summed E-state index contributed by atoms with van der Waals surface area (Å²) >= 11 is 0. The summed E-state index contributed by atoms with van der Waals surface area (Å²) in [6, 6.07) is 13.4. The van der Waals surface area contributed by atoms with Gasteiger partial charge in [-0.15, -0.1) is 0 Å². The number of benzene rings is 2. The lowest BCUT2D eigenvalue weighted by Crippen LogP contribution is -2.30. The maximum Gasteiger partial charge on any atom is 0.307 e. The van der Waals surface area contributed by atoms with Gasteiger partial charge in [0.1, 0.15) is 5.75 Å². The van der Waals surface area contributed by atoms with Crippen LogP contribution in [0.1, 0.15) is 37.4 Å². The Morgan fingerprint density at radius 3 is 2.54 bits per heavy atom. The molecule has 3 N–H and O–H groups in total. The van der Waals surface area contributed by atoms with Crippen LogP contribution >= 0.6 is 0 Å². The normalized spacial score (nSPS) is 11.4. The van der Waals surface area contributed by atoms with Crippen molar-refractivity contribution in [3.63, 3.8) is 0 Å². The van der Waals surface area contributed by atoms with Crippen molar-refractivity contribution in [1.82, 2.24) is 5.32 Å². The highest BCUT2D eigenvalue weighted by atomic mass is 16.5. The Morgan fingerprint density at radius 1 is 1.11 bits per heavy atom. The van der Waals surface area contributed by atoms with E-state index in [4.69, 9.17) is 9.84 Å². The fraction of sp³-hybridized carbons (Fsp3) is 0.286. The van der Waals surface area contributed by atoms with E-state index in [1.807, 2.05) is 25.1 Å². The third-order valence-corrected chi connectivity index (χ3v) is 3.93. The van der Waals surface area contributed by atoms with Crippen molar-refractivity contribution in [2.24, 2.45) is 0 Å². The Labute approximate surface area is 163 Å². The summed E-state index contributed by atoms with van der Waals surface area (Å²) in [4.78, 5) is 35.1. The number of ether oxygens (including phenoxy) is 1. The van der Waals surface area contributed by atoms with Crippen molar-refractivity contribution in [2.75, 3.05) is 11.9 Å². The molecular formula is C21H24N2O5. The van der Waals surface area contributed by atoms with E-state index in [9.17, 15) is 14.4 Å². The minimum Gasteiger partial charge on any atom is -0.494 e. The van der Waals surface area contributed by atoms with E-state index >= 15 is 0 Å². The van der Waals surface area contributed by atoms with Crippen LogP contribution < -0.4 is 15.4 Å². The Bertz CT molecular complexity index is 850. The summed E-state index contributed by atoms with van der Waals surface area (Å²) < 4.78 is 5.61. The second kappa shape index (κ2) is 10.1. The van der Waals surface area contributed by atoms with Crippen molar-refractivity contribution in [3.8, 4) is 5.75 Å². The average molecular weight is 384 g/mol. The van der Waals surface area contributed by atoms with Gasteiger partial charge in [0, 0.05) is 18.2 Å². The zero-order valence-corrected chi connectivity index (χ0v) is 15.9. The molecule has 0 saturated carbocycles. The van der Waals surface area contributed by atoms with Crippen LogP contribution in [0.3, 0.4) is 0 Å². The van der Waals surface area contributed by atoms with Crippen LogP contribution in [-0.4, -0.2) is 29.5 Å². The molecular weight excluding hydrogens is 360 g/mol. The average Bonchev–Trinajstić information content (AvgIpc) is 2.61. The quantitative estimate of drug-likeness (QED) is 0.617. The second-order valence-corrected chi connectivity index (χ2v) is 6.25. The van der Waals surface area contributed by atoms with Gasteiger partial charge in [0.25, 0.3) is 0 Å². The van der Waals surface area contributed by atoms with E-state index in [0.29, 0.717) is 29.2 Å². The molecule has 0 radical (unpaired) electrons. The first-order valence-electron chi connectivity index (χ1n) is 8.98. The standard InChI is InChI=1S/C21H24N2O5/c1-3-28-19-10-5-4-9-17(19)18(22-14(2)24)13-20(25)23-16-8-6-7-15(11-16)12-21(26)27/h4-11,18H,3,12-13H2,1-2H3,(H,22,24)(H,23,25)(H,26,27). The summed E-state index contributed by atoms with van der Waals surface area (Å²) in [7, 11) is 0. The smallest absolute Gasteiger partial charge is 0.307 e. The van der Waals surface area contributed by atoms with E-state index in [2.05, 4.69) is 10.6 Å². The van der Waals surface area contributed by atoms with Crippen LogP contribution in [0, 0.1) is 0 Å². The number of anilines is 1. The lowest BCUT2D eigenvalue weighted by Gasteiger charge is -2.21. The summed E-state index contributed by atoms with van der Waals surface area (Å²) in [5.74, 6) is -0.896. The predicted octanol–water partition coefficient (Wildman–Crippen LogP) is 2.92. The molecule has 2 rings (SSSR count). The molecule has 0 bridgehead atoms. The van der Waals surface area contributed by atoms with Crippen LogP contribution in [0.5, 0.6) is 5.75 Å². The molecule has 0 aliphatic carbocycles. The summed E-state index contributed by atoms with van der Waals surface area (Å²) in [5, 5.41) is 14.4. The minimum absolute atomic E-state index is 0.00677. The number of aliphatic carboxylic acids is 1. The third-order valence-electron chi connectivity index (χ3n) is 3.93. The highest BCUT2D eigenvalue weighted by Gasteiger charge is 2.21. The zero-order chi connectivity index (χ0) is 20.5. The van der Waals surface area contributed by atoms with Crippen LogP contribution in [0.2, 0.25) is 0 Å². The number of carboxylic acid groups (broad SMARTS) is 1. The number of hydrogen-bond acceptors (Lipinski definition) is 4. The number of para-hydroxylation sites is 1. The molecule has 28 heavy (non-hydrogen) atoms. The van der Waals surface area contributed by atoms with Crippen LogP contribution in [-0.2, 0) is 20.8 Å². The number of amides is 2. The lowest BCUT2D eigenvalue weighted by atomic mass is 10.0. The van der Waals surface area contributed by atoms with Crippen molar-refractivity contribution < 1.29 is 24.2 Å². The molecule has 7 heteroatoms. The minimum atomic E-state index is -0.943. The third kappa shape index (κ3) is 6.42. The lowest BCUT2D eigenvalue weighted by molar-refractivity contribution is -0.136. The van der Waals surface area contributed by atoms with Gasteiger partial charge < -0.3 is 20.5 Å². The SMILES string of the molecule is CCOc1ccccc1C(CC(=O)Nc1cccc(CC(=O)O)c1)NC(C)=O. The predicted molar refractivity (Wildman–Crippen MR) is 105 cm³/mol. The maximum atomic E-state index is 12.6. The van der Waals surface area contributed by atoms with Gasteiger partial charge >= 0.3 is 5.97 Å². The van der Waals surface area contributed by atoms with Crippen molar-refractivity contribution in [3.05, 3.63) is 59.7 Å². The Morgan fingerprint density at radius 2 is 1.86 bits per heavy atom. The molecule has 0 aliphatic rings. The second-order valence-electron chi connectivity index (χ2n) is 6.25. The van der Waals surface area contributed by atoms with E-state index in [-0.39, 0.29) is 24.7 Å². The van der Waals surface area contributed by atoms with Crippen LogP contribution in [0.4, 0.5) is 5.69 Å². The molecule has 1 unspecified atom stereocenters. The molecule has 2 aromatic carbocycles. The molecule has 7 nitrogen and oxygen atoms in total. The number of carbonyl (C=O) groups excluding carboxylic acids is 2. The highest BCUT2D eigenvalue weighted by molar-refractivity contribution is 5.92. The number of nitrogens with one attached hydrogen (secondary N) is 2. The molecule has 148 valence electrons. The number of hydrogen-bond donors (Lipinski definition) is 3. The largest absolute Gasteiger partial charge is 0.494 e. The number of rotatable bonds is 9. The fourth-order valence-corrected chi connectivity index (χ4v) is 2.87. The molecule has 2 amide bonds. The van der Waals surface area contributed by atoms with Crippen molar-refractivity contribution in [1.29, 1.82) is 0 Å². The van der Waals surface area contributed by atoms with Crippen molar-refractivity contribution >= 4 is 23.5 Å². The van der Waals surface area contributed by atoms with Gasteiger partial charge in [-0.05, 0) is 30.7 Å². The Hall–Kier alpha value is -3.35. The Balaban J connectivity index is 2.15. The monoisotopic (exact) mass is 384 g/mol. The Kier molecular flexibility index (Phi) is 7.56. The van der Waals surface area contributed by atoms with Gasteiger partial charge in [-0.2, -0.15) is 0 Å². The summed E-state index contributed by atoms with van der Waals surface area (Å²) in [6.45, 7) is 3.72. The molecule has 0 aromatic heterocycles. The fourth-order valence-electron chi connectivity index (χ4n) is 2.87. The molecule has 0 saturated heterocycles. The first-order chi connectivity index (χ1) is 13.4.